The maximum Gasteiger partial charge on any atom is 0.248 e. The first-order chi connectivity index (χ1) is 9.47. The van der Waals surface area contributed by atoms with Crippen LogP contribution in [0.2, 0.25) is 0 Å². The zero-order chi connectivity index (χ0) is 14.7. The number of carbonyl (C=O) groups is 2. The highest BCUT2D eigenvalue weighted by Crippen LogP contribution is 2.20. The van der Waals surface area contributed by atoms with Crippen molar-refractivity contribution >= 4 is 17.5 Å². The molecule has 1 unspecified atom stereocenters. The van der Waals surface area contributed by atoms with Gasteiger partial charge in [0.05, 0.1) is 11.7 Å². The summed E-state index contributed by atoms with van der Waals surface area (Å²) in [6.07, 6.45) is 1.64. The fourth-order valence-electron chi connectivity index (χ4n) is 1.83. The highest BCUT2D eigenvalue weighted by Gasteiger charge is 2.12. The third kappa shape index (κ3) is 2.94. The minimum atomic E-state index is -0.620. The molecule has 0 aliphatic heterocycles. The average molecular weight is 273 g/mol. The summed E-state index contributed by atoms with van der Waals surface area (Å²) in [6.45, 7) is 1.91. The van der Waals surface area contributed by atoms with E-state index >= 15 is 0 Å². The number of carbonyl (C=O) groups excluding carboxylic acids is 2. The number of hydrogen-bond acceptors (Lipinski definition) is 4. The van der Waals surface area contributed by atoms with Gasteiger partial charge in [-0.05, 0) is 31.2 Å². The molecule has 0 radical (unpaired) electrons. The molecule has 1 heterocycles. The predicted molar refractivity (Wildman–Crippen MR) is 74.1 cm³/mol. The Morgan fingerprint density at radius 1 is 1.20 bits per heavy atom. The van der Waals surface area contributed by atoms with Crippen molar-refractivity contribution in [2.45, 2.75) is 13.0 Å². The van der Waals surface area contributed by atoms with Crippen LogP contribution in [0.3, 0.4) is 0 Å². The van der Waals surface area contributed by atoms with Gasteiger partial charge in [-0.2, -0.15) is 5.10 Å². The summed E-state index contributed by atoms with van der Waals surface area (Å²) < 4.78 is 0. The van der Waals surface area contributed by atoms with E-state index in [1.165, 1.54) is 6.07 Å². The van der Waals surface area contributed by atoms with Gasteiger partial charge in [0, 0.05) is 23.0 Å². The number of nitrogens with two attached hydrogens (primary N) is 2. The van der Waals surface area contributed by atoms with Gasteiger partial charge in [0.1, 0.15) is 0 Å². The minimum absolute atomic E-state index is 0.0821. The lowest BCUT2D eigenvalue weighted by Crippen LogP contribution is -2.17. The van der Waals surface area contributed by atoms with Crippen molar-refractivity contribution in [3.05, 3.63) is 47.3 Å². The second kappa shape index (κ2) is 5.43. The molecule has 0 saturated heterocycles. The molecular weight excluding hydrogens is 258 g/mol. The first-order valence-electron chi connectivity index (χ1n) is 5.98. The van der Waals surface area contributed by atoms with Crippen molar-refractivity contribution in [1.82, 2.24) is 10.2 Å². The Hall–Kier alpha value is -2.83. The second-order valence-corrected chi connectivity index (χ2v) is 4.41. The number of benzene rings is 1. The first-order valence-corrected chi connectivity index (χ1v) is 5.98. The van der Waals surface area contributed by atoms with Gasteiger partial charge < -0.3 is 16.8 Å². The Labute approximate surface area is 115 Å². The summed E-state index contributed by atoms with van der Waals surface area (Å²) in [5.41, 5.74) is 12.4. The summed E-state index contributed by atoms with van der Waals surface area (Å²) in [7, 11) is 0. The van der Waals surface area contributed by atoms with Crippen LogP contribution in [0.5, 0.6) is 0 Å². The van der Waals surface area contributed by atoms with Gasteiger partial charge in [-0.15, -0.1) is 0 Å². The molecule has 0 bridgehead atoms. The molecular formula is C13H15N5O2. The third-order valence-electron chi connectivity index (χ3n) is 2.87. The average Bonchev–Trinajstić information content (AvgIpc) is 2.92. The lowest BCUT2D eigenvalue weighted by molar-refractivity contribution is 0.0999. The van der Waals surface area contributed by atoms with E-state index < -0.39 is 11.8 Å². The van der Waals surface area contributed by atoms with Crippen LogP contribution in [0.1, 0.15) is 39.4 Å². The number of primary amides is 2. The van der Waals surface area contributed by atoms with Gasteiger partial charge in [0.25, 0.3) is 0 Å². The van der Waals surface area contributed by atoms with Gasteiger partial charge in [-0.25, -0.2) is 0 Å². The van der Waals surface area contributed by atoms with Crippen LogP contribution in [0.4, 0.5) is 5.69 Å². The van der Waals surface area contributed by atoms with Gasteiger partial charge in [-0.3, -0.25) is 14.7 Å². The Morgan fingerprint density at radius 3 is 2.25 bits per heavy atom. The van der Waals surface area contributed by atoms with E-state index in [4.69, 9.17) is 11.5 Å². The maximum absolute atomic E-state index is 11.3. The molecule has 0 fully saturated rings. The SMILES string of the molecule is CC(Nc1cc(C(N)=O)cc(C(N)=O)c1)c1ccn[nH]1. The zero-order valence-electron chi connectivity index (χ0n) is 10.9. The molecule has 1 atom stereocenters. The van der Waals surface area contributed by atoms with Crippen LogP contribution in [-0.2, 0) is 0 Å². The Kier molecular flexibility index (Phi) is 3.69. The molecule has 0 aliphatic carbocycles. The fourth-order valence-corrected chi connectivity index (χ4v) is 1.83. The van der Waals surface area contributed by atoms with Crippen molar-refractivity contribution in [3.63, 3.8) is 0 Å². The van der Waals surface area contributed by atoms with E-state index in [0.29, 0.717) is 5.69 Å². The third-order valence-corrected chi connectivity index (χ3v) is 2.87. The van der Waals surface area contributed by atoms with Crippen LogP contribution in [0, 0.1) is 0 Å². The van der Waals surface area contributed by atoms with Crippen molar-refractivity contribution in [1.29, 1.82) is 0 Å². The van der Waals surface area contributed by atoms with Crippen molar-refractivity contribution < 1.29 is 9.59 Å². The van der Waals surface area contributed by atoms with Crippen molar-refractivity contribution in [2.24, 2.45) is 11.5 Å². The standard InChI is InChI=1S/C13H15N5O2/c1-7(11-2-3-16-18-11)17-10-5-8(12(14)19)4-9(6-10)13(15)20/h2-7,17H,1H3,(H2,14,19)(H2,15,20)(H,16,18). The summed E-state index contributed by atoms with van der Waals surface area (Å²) in [5, 5.41) is 9.85. The van der Waals surface area contributed by atoms with E-state index in [1.807, 2.05) is 13.0 Å². The smallest absolute Gasteiger partial charge is 0.248 e. The number of rotatable bonds is 5. The van der Waals surface area contributed by atoms with Gasteiger partial charge in [-0.1, -0.05) is 0 Å². The van der Waals surface area contributed by atoms with Crippen LogP contribution in [0.25, 0.3) is 0 Å². The molecule has 2 aromatic rings. The molecule has 1 aromatic heterocycles. The molecule has 0 spiro atoms. The van der Waals surface area contributed by atoms with Gasteiger partial charge in [0.2, 0.25) is 11.8 Å². The number of hydrogen-bond donors (Lipinski definition) is 4. The second-order valence-electron chi connectivity index (χ2n) is 4.41. The zero-order valence-corrected chi connectivity index (χ0v) is 10.9. The highest BCUT2D eigenvalue weighted by atomic mass is 16.1. The molecule has 7 nitrogen and oxygen atoms in total. The lowest BCUT2D eigenvalue weighted by Gasteiger charge is -2.15. The highest BCUT2D eigenvalue weighted by molar-refractivity contribution is 5.99. The number of aromatic nitrogens is 2. The molecule has 0 aliphatic rings. The van der Waals surface area contributed by atoms with E-state index in [0.717, 1.165) is 5.69 Å². The maximum atomic E-state index is 11.3. The number of nitrogens with zero attached hydrogens (tertiary/aromatic N) is 1. The summed E-state index contributed by atoms with van der Waals surface area (Å²) in [5.74, 6) is -1.24. The van der Waals surface area contributed by atoms with Gasteiger partial charge >= 0.3 is 0 Å². The van der Waals surface area contributed by atoms with E-state index in [-0.39, 0.29) is 17.2 Å². The van der Waals surface area contributed by atoms with Crippen molar-refractivity contribution in [2.75, 3.05) is 5.32 Å². The molecule has 20 heavy (non-hydrogen) atoms. The number of H-pyrrole nitrogens is 1. The quantitative estimate of drug-likeness (QED) is 0.642. The van der Waals surface area contributed by atoms with Crippen LogP contribution in [0.15, 0.2) is 30.5 Å². The minimum Gasteiger partial charge on any atom is -0.377 e. The number of anilines is 1. The topological polar surface area (TPSA) is 127 Å². The Balaban J connectivity index is 2.31. The Bertz CT molecular complexity index is 604. The molecule has 104 valence electrons. The van der Waals surface area contributed by atoms with E-state index in [2.05, 4.69) is 15.5 Å². The van der Waals surface area contributed by atoms with Gasteiger partial charge in [0.15, 0.2) is 0 Å². The summed E-state index contributed by atoms with van der Waals surface area (Å²) in [6, 6.07) is 6.26. The number of amides is 2. The van der Waals surface area contributed by atoms with E-state index in [1.54, 1.807) is 18.3 Å². The molecule has 2 rings (SSSR count). The molecule has 7 heteroatoms. The summed E-state index contributed by atoms with van der Waals surface area (Å²) >= 11 is 0. The molecule has 6 N–H and O–H groups in total. The molecule has 2 amide bonds. The van der Waals surface area contributed by atoms with Crippen LogP contribution < -0.4 is 16.8 Å². The molecule has 0 saturated carbocycles. The van der Waals surface area contributed by atoms with E-state index in [9.17, 15) is 9.59 Å². The predicted octanol–water partition coefficient (Wildman–Crippen LogP) is 0.781. The fraction of sp³-hybridized carbons (Fsp3) is 0.154. The number of nitrogens with one attached hydrogen (secondary N) is 2. The largest absolute Gasteiger partial charge is 0.377 e. The monoisotopic (exact) mass is 273 g/mol. The van der Waals surface area contributed by atoms with Crippen LogP contribution >= 0.6 is 0 Å². The van der Waals surface area contributed by atoms with Crippen LogP contribution in [-0.4, -0.2) is 22.0 Å². The van der Waals surface area contributed by atoms with Crippen molar-refractivity contribution in [3.8, 4) is 0 Å². The summed E-state index contributed by atoms with van der Waals surface area (Å²) in [4.78, 5) is 22.5. The first kappa shape index (κ1) is 13.6. The lowest BCUT2D eigenvalue weighted by atomic mass is 10.1. The Morgan fingerprint density at radius 2 is 1.80 bits per heavy atom. The normalized spacial score (nSPS) is 11.8. The number of aromatic amines is 1. The molecule has 1 aromatic carbocycles.